The molecule has 1 unspecified atom stereocenters. The number of hydrogen-bond acceptors (Lipinski definition) is 6. The molecule has 2 aromatic heterocycles. The molecule has 1 fully saturated rings. The highest BCUT2D eigenvalue weighted by molar-refractivity contribution is 7.10. The largest absolute Gasteiger partial charge is 0.323 e. The normalized spacial score (nSPS) is 19.4. The van der Waals surface area contributed by atoms with Crippen LogP contribution in [0.25, 0.3) is 0 Å². The number of piperidine rings is 1. The fourth-order valence-corrected chi connectivity index (χ4v) is 3.42. The molecule has 3 rings (SSSR count). The summed E-state index contributed by atoms with van der Waals surface area (Å²) in [6, 6.07) is 0.000538. The molecule has 2 aromatic rings. The maximum absolute atomic E-state index is 12.3. The molecule has 19 heavy (non-hydrogen) atoms. The van der Waals surface area contributed by atoms with Gasteiger partial charge in [0.25, 0.3) is 0 Å². The smallest absolute Gasteiger partial charge is 0.315 e. The number of rotatable bonds is 2. The first-order chi connectivity index (χ1) is 9.34. The molecule has 8 heteroatoms. The van der Waals surface area contributed by atoms with E-state index in [4.69, 9.17) is 0 Å². The van der Waals surface area contributed by atoms with E-state index >= 15 is 0 Å². The van der Waals surface area contributed by atoms with Crippen molar-refractivity contribution in [2.24, 2.45) is 0 Å². The number of likely N-dealkylation sites (tertiary alicyclic amines) is 1. The van der Waals surface area contributed by atoms with Crippen molar-refractivity contribution in [1.29, 1.82) is 0 Å². The number of carbonyl (C=O) groups is 1. The summed E-state index contributed by atoms with van der Waals surface area (Å²) in [7, 11) is 0. The number of carbonyl (C=O) groups excluding carboxylic acids is 1. The standard InChI is InChI=1S/C11H13N5OS2/c17-11(14-9-7-13-15-19-9)16-5-2-1-3-8(16)10-12-4-6-18-10/h4,6-8H,1-3,5H2,(H,14,17). The summed E-state index contributed by atoms with van der Waals surface area (Å²) in [6.45, 7) is 0.766. The summed E-state index contributed by atoms with van der Waals surface area (Å²) in [5.74, 6) is 0. The van der Waals surface area contributed by atoms with Crippen LogP contribution in [0.3, 0.4) is 0 Å². The molecule has 0 saturated carbocycles. The molecule has 1 N–H and O–H groups in total. The van der Waals surface area contributed by atoms with Crippen molar-refractivity contribution in [2.75, 3.05) is 11.9 Å². The lowest BCUT2D eigenvalue weighted by molar-refractivity contribution is 0.163. The van der Waals surface area contributed by atoms with Gasteiger partial charge in [-0.05, 0) is 19.3 Å². The second-order valence-corrected chi connectivity index (χ2v) is 6.00. The van der Waals surface area contributed by atoms with Gasteiger partial charge in [0.15, 0.2) is 0 Å². The van der Waals surface area contributed by atoms with Crippen molar-refractivity contribution in [2.45, 2.75) is 25.3 Å². The summed E-state index contributed by atoms with van der Waals surface area (Å²) < 4.78 is 3.74. The third kappa shape index (κ3) is 2.74. The molecule has 1 saturated heterocycles. The van der Waals surface area contributed by atoms with Gasteiger partial charge in [-0.2, -0.15) is 0 Å². The van der Waals surface area contributed by atoms with Crippen molar-refractivity contribution < 1.29 is 4.79 Å². The van der Waals surface area contributed by atoms with Gasteiger partial charge in [-0.15, -0.1) is 16.4 Å². The molecule has 1 atom stereocenters. The topological polar surface area (TPSA) is 71.0 Å². The molecule has 0 bridgehead atoms. The Morgan fingerprint density at radius 1 is 1.47 bits per heavy atom. The van der Waals surface area contributed by atoms with Crippen LogP contribution >= 0.6 is 22.9 Å². The molecular formula is C11H13N5OS2. The summed E-state index contributed by atoms with van der Waals surface area (Å²) in [5, 5.41) is 10.2. The number of nitrogens with zero attached hydrogens (tertiary/aromatic N) is 4. The first-order valence-corrected chi connectivity index (χ1v) is 7.74. The van der Waals surface area contributed by atoms with Crippen molar-refractivity contribution in [1.82, 2.24) is 19.5 Å². The number of thiazole rings is 1. The lowest BCUT2D eigenvalue weighted by Gasteiger charge is -2.34. The van der Waals surface area contributed by atoms with Crippen LogP contribution in [-0.2, 0) is 0 Å². The highest BCUT2D eigenvalue weighted by atomic mass is 32.1. The van der Waals surface area contributed by atoms with E-state index in [9.17, 15) is 4.79 Å². The summed E-state index contributed by atoms with van der Waals surface area (Å²) >= 11 is 2.78. The number of amides is 2. The van der Waals surface area contributed by atoms with Crippen LogP contribution in [0.15, 0.2) is 17.8 Å². The predicted molar refractivity (Wildman–Crippen MR) is 74.3 cm³/mol. The van der Waals surface area contributed by atoms with Crippen LogP contribution in [0.4, 0.5) is 9.80 Å². The molecule has 0 aliphatic carbocycles. The Morgan fingerprint density at radius 3 is 3.16 bits per heavy atom. The molecule has 1 aliphatic rings. The lowest BCUT2D eigenvalue weighted by Crippen LogP contribution is -2.41. The van der Waals surface area contributed by atoms with E-state index in [-0.39, 0.29) is 12.1 Å². The summed E-state index contributed by atoms with van der Waals surface area (Å²) in [5.41, 5.74) is 0. The number of anilines is 1. The molecule has 100 valence electrons. The van der Waals surface area contributed by atoms with Crippen molar-refractivity contribution >= 4 is 33.9 Å². The van der Waals surface area contributed by atoms with Crippen molar-refractivity contribution in [3.63, 3.8) is 0 Å². The van der Waals surface area contributed by atoms with Crippen molar-refractivity contribution in [3.8, 4) is 0 Å². The Morgan fingerprint density at radius 2 is 2.42 bits per heavy atom. The highest BCUT2D eigenvalue weighted by Crippen LogP contribution is 2.32. The number of aromatic nitrogens is 3. The van der Waals surface area contributed by atoms with Crippen LogP contribution in [0.2, 0.25) is 0 Å². The molecule has 0 radical (unpaired) electrons. The first kappa shape index (κ1) is 12.5. The van der Waals surface area contributed by atoms with Gasteiger partial charge in [0.1, 0.15) is 10.0 Å². The highest BCUT2D eigenvalue weighted by Gasteiger charge is 2.29. The minimum Gasteiger partial charge on any atom is -0.315 e. The fourth-order valence-electron chi connectivity index (χ4n) is 2.23. The third-order valence-electron chi connectivity index (χ3n) is 3.09. The molecule has 0 aromatic carbocycles. The zero-order valence-electron chi connectivity index (χ0n) is 10.2. The van der Waals surface area contributed by atoms with E-state index in [2.05, 4.69) is 19.9 Å². The van der Waals surface area contributed by atoms with Gasteiger partial charge < -0.3 is 4.90 Å². The van der Waals surface area contributed by atoms with Gasteiger partial charge in [-0.1, -0.05) is 4.49 Å². The van der Waals surface area contributed by atoms with E-state index in [1.807, 2.05) is 10.3 Å². The van der Waals surface area contributed by atoms with Crippen LogP contribution in [0, 0.1) is 0 Å². The maximum atomic E-state index is 12.3. The molecule has 6 nitrogen and oxygen atoms in total. The minimum absolute atomic E-state index is 0.0917. The fraction of sp³-hybridized carbons (Fsp3) is 0.455. The Bertz CT molecular complexity index is 527. The van der Waals surface area contributed by atoms with Gasteiger partial charge in [-0.3, -0.25) is 5.32 Å². The van der Waals surface area contributed by atoms with Crippen LogP contribution in [-0.4, -0.2) is 32.0 Å². The minimum atomic E-state index is -0.0917. The van der Waals surface area contributed by atoms with Crippen molar-refractivity contribution in [3.05, 3.63) is 22.8 Å². The zero-order valence-corrected chi connectivity index (χ0v) is 11.8. The average Bonchev–Trinajstić information content (AvgIpc) is 3.11. The molecule has 0 spiro atoms. The van der Waals surface area contributed by atoms with Crippen LogP contribution in [0.5, 0.6) is 0 Å². The Balaban J connectivity index is 1.75. The van der Waals surface area contributed by atoms with Gasteiger partial charge >= 0.3 is 6.03 Å². The maximum Gasteiger partial charge on any atom is 0.323 e. The average molecular weight is 295 g/mol. The Kier molecular flexibility index (Phi) is 3.69. The van der Waals surface area contributed by atoms with Gasteiger partial charge in [0, 0.05) is 29.7 Å². The summed E-state index contributed by atoms with van der Waals surface area (Å²) in [6.07, 6.45) is 6.50. The quantitative estimate of drug-likeness (QED) is 0.924. The molecular weight excluding hydrogens is 282 g/mol. The Hall–Kier alpha value is -1.54. The number of urea groups is 1. The third-order valence-corrected chi connectivity index (χ3v) is 4.55. The monoisotopic (exact) mass is 295 g/mol. The first-order valence-electron chi connectivity index (χ1n) is 6.09. The van der Waals surface area contributed by atoms with Crippen LogP contribution in [0.1, 0.15) is 30.3 Å². The molecule has 2 amide bonds. The van der Waals surface area contributed by atoms with E-state index in [1.165, 1.54) is 11.5 Å². The SMILES string of the molecule is O=C(Nc1cnns1)N1CCCCC1c1nccs1. The summed E-state index contributed by atoms with van der Waals surface area (Å²) in [4.78, 5) is 18.5. The van der Waals surface area contributed by atoms with E-state index < -0.39 is 0 Å². The number of nitrogens with one attached hydrogen (secondary N) is 1. The van der Waals surface area contributed by atoms with E-state index in [0.717, 1.165) is 30.8 Å². The van der Waals surface area contributed by atoms with Gasteiger partial charge in [0.05, 0.1) is 12.2 Å². The molecule has 3 heterocycles. The van der Waals surface area contributed by atoms with E-state index in [0.29, 0.717) is 5.00 Å². The van der Waals surface area contributed by atoms with Gasteiger partial charge in [-0.25, -0.2) is 9.78 Å². The number of hydrogen-bond donors (Lipinski definition) is 1. The predicted octanol–water partition coefficient (Wildman–Crippen LogP) is 2.75. The van der Waals surface area contributed by atoms with Gasteiger partial charge in [0.2, 0.25) is 0 Å². The van der Waals surface area contributed by atoms with Crippen LogP contribution < -0.4 is 5.32 Å². The second-order valence-electron chi connectivity index (χ2n) is 4.29. The zero-order chi connectivity index (χ0) is 13.1. The molecule has 1 aliphatic heterocycles. The Labute approximate surface area is 118 Å². The van der Waals surface area contributed by atoms with E-state index in [1.54, 1.807) is 23.7 Å². The lowest BCUT2D eigenvalue weighted by atomic mass is 10.0. The second kappa shape index (κ2) is 5.62.